The maximum atomic E-state index is 11.1. The van der Waals surface area contributed by atoms with Crippen LogP contribution >= 0.6 is 0 Å². The topological polar surface area (TPSA) is 29.5 Å². The zero-order valence-corrected chi connectivity index (χ0v) is 11.6. The first-order valence-corrected chi connectivity index (χ1v) is 6.59. The number of hydrogen-bond acceptors (Lipinski definition) is 3. The SMILES string of the molecule is C=C(C)C(=O)OCCCCCN(C)CCCC. The van der Waals surface area contributed by atoms with Crippen molar-refractivity contribution in [1.29, 1.82) is 0 Å². The number of esters is 1. The Morgan fingerprint density at radius 1 is 1.18 bits per heavy atom. The van der Waals surface area contributed by atoms with Crippen LogP contribution in [-0.4, -0.2) is 37.6 Å². The molecule has 0 spiro atoms. The number of carbonyl (C=O) groups excluding carboxylic acids is 1. The van der Waals surface area contributed by atoms with Crippen LogP contribution < -0.4 is 0 Å². The van der Waals surface area contributed by atoms with E-state index >= 15 is 0 Å². The van der Waals surface area contributed by atoms with E-state index in [1.54, 1.807) is 6.92 Å². The monoisotopic (exact) mass is 241 g/mol. The summed E-state index contributed by atoms with van der Waals surface area (Å²) in [6.07, 6.45) is 5.75. The van der Waals surface area contributed by atoms with Gasteiger partial charge in [0.2, 0.25) is 0 Å². The Labute approximate surface area is 106 Å². The average Bonchev–Trinajstić information content (AvgIpc) is 2.30. The van der Waals surface area contributed by atoms with Gasteiger partial charge in [0, 0.05) is 5.57 Å². The summed E-state index contributed by atoms with van der Waals surface area (Å²) in [5, 5.41) is 0. The van der Waals surface area contributed by atoms with Gasteiger partial charge in [-0.1, -0.05) is 19.9 Å². The summed E-state index contributed by atoms with van der Waals surface area (Å²) in [5.74, 6) is -0.273. The zero-order valence-electron chi connectivity index (χ0n) is 11.6. The molecule has 0 aromatic heterocycles. The van der Waals surface area contributed by atoms with Gasteiger partial charge in [0.05, 0.1) is 6.61 Å². The molecular formula is C14H27NO2. The van der Waals surface area contributed by atoms with E-state index in [1.807, 2.05) is 0 Å². The van der Waals surface area contributed by atoms with Crippen LogP contribution in [0.4, 0.5) is 0 Å². The van der Waals surface area contributed by atoms with Crippen LogP contribution in [-0.2, 0) is 9.53 Å². The Bertz CT molecular complexity index is 226. The molecule has 3 nitrogen and oxygen atoms in total. The Morgan fingerprint density at radius 2 is 1.82 bits per heavy atom. The highest BCUT2D eigenvalue weighted by Crippen LogP contribution is 2.01. The predicted octanol–water partition coefficient (Wildman–Crippen LogP) is 3.01. The van der Waals surface area contributed by atoms with Gasteiger partial charge in [-0.15, -0.1) is 0 Å². The third-order valence-electron chi connectivity index (χ3n) is 2.66. The van der Waals surface area contributed by atoms with Gasteiger partial charge in [0.1, 0.15) is 0 Å². The fraction of sp³-hybridized carbons (Fsp3) is 0.786. The van der Waals surface area contributed by atoms with E-state index in [1.165, 1.54) is 25.8 Å². The standard InChI is InChI=1S/C14H27NO2/c1-5-6-10-15(4)11-8-7-9-12-17-14(16)13(2)3/h2,5-12H2,1,3-4H3. The van der Waals surface area contributed by atoms with E-state index in [0.717, 1.165) is 19.4 Å². The Morgan fingerprint density at radius 3 is 2.41 bits per heavy atom. The first-order valence-electron chi connectivity index (χ1n) is 6.59. The summed E-state index contributed by atoms with van der Waals surface area (Å²) in [5.41, 5.74) is 0.476. The highest BCUT2D eigenvalue weighted by Gasteiger charge is 2.02. The predicted molar refractivity (Wildman–Crippen MR) is 72.0 cm³/mol. The lowest BCUT2D eigenvalue weighted by Crippen LogP contribution is -2.20. The molecule has 17 heavy (non-hydrogen) atoms. The van der Waals surface area contributed by atoms with Crippen molar-refractivity contribution in [3.63, 3.8) is 0 Å². The minimum absolute atomic E-state index is 0.273. The molecule has 0 aliphatic carbocycles. The maximum absolute atomic E-state index is 11.1. The van der Waals surface area contributed by atoms with Crippen LogP contribution in [0.1, 0.15) is 46.0 Å². The molecule has 0 N–H and O–H groups in total. The van der Waals surface area contributed by atoms with Gasteiger partial charge < -0.3 is 9.64 Å². The molecule has 0 heterocycles. The number of ether oxygens (including phenoxy) is 1. The lowest BCUT2D eigenvalue weighted by atomic mass is 10.2. The normalized spacial score (nSPS) is 10.6. The molecule has 0 saturated carbocycles. The quantitative estimate of drug-likeness (QED) is 0.334. The van der Waals surface area contributed by atoms with E-state index in [4.69, 9.17) is 4.74 Å². The summed E-state index contributed by atoms with van der Waals surface area (Å²) >= 11 is 0. The molecule has 0 bridgehead atoms. The molecule has 100 valence electrons. The molecule has 0 aliphatic rings. The maximum Gasteiger partial charge on any atom is 0.333 e. The smallest absolute Gasteiger partial charge is 0.333 e. The van der Waals surface area contributed by atoms with Crippen LogP contribution in [0.25, 0.3) is 0 Å². The molecule has 0 amide bonds. The van der Waals surface area contributed by atoms with Crippen molar-refractivity contribution in [2.24, 2.45) is 0 Å². The van der Waals surface area contributed by atoms with Crippen molar-refractivity contribution in [1.82, 2.24) is 4.90 Å². The fourth-order valence-electron chi connectivity index (χ4n) is 1.49. The minimum Gasteiger partial charge on any atom is -0.462 e. The van der Waals surface area contributed by atoms with Crippen molar-refractivity contribution in [3.05, 3.63) is 12.2 Å². The van der Waals surface area contributed by atoms with Crippen molar-refractivity contribution < 1.29 is 9.53 Å². The molecule has 3 heteroatoms. The van der Waals surface area contributed by atoms with Crippen LogP contribution in [0.15, 0.2) is 12.2 Å². The Kier molecular flexibility index (Phi) is 9.83. The van der Waals surface area contributed by atoms with Crippen LogP contribution in [0.2, 0.25) is 0 Å². The van der Waals surface area contributed by atoms with Crippen molar-refractivity contribution in [2.75, 3.05) is 26.7 Å². The number of nitrogens with zero attached hydrogens (tertiary/aromatic N) is 1. The van der Waals surface area contributed by atoms with Crippen LogP contribution in [0.3, 0.4) is 0 Å². The van der Waals surface area contributed by atoms with Crippen LogP contribution in [0.5, 0.6) is 0 Å². The third kappa shape index (κ3) is 10.1. The summed E-state index contributed by atoms with van der Waals surface area (Å²) in [6, 6.07) is 0. The summed E-state index contributed by atoms with van der Waals surface area (Å²) in [4.78, 5) is 13.4. The third-order valence-corrected chi connectivity index (χ3v) is 2.66. The minimum atomic E-state index is -0.273. The number of hydrogen-bond donors (Lipinski definition) is 0. The zero-order chi connectivity index (χ0) is 13.1. The molecule has 0 aromatic carbocycles. The summed E-state index contributed by atoms with van der Waals surface area (Å²) < 4.78 is 5.02. The van der Waals surface area contributed by atoms with E-state index in [9.17, 15) is 4.79 Å². The van der Waals surface area contributed by atoms with Crippen molar-refractivity contribution in [3.8, 4) is 0 Å². The molecule has 0 radical (unpaired) electrons. The van der Waals surface area contributed by atoms with Gasteiger partial charge in [-0.3, -0.25) is 0 Å². The lowest BCUT2D eigenvalue weighted by molar-refractivity contribution is -0.139. The van der Waals surface area contributed by atoms with Gasteiger partial charge in [-0.2, -0.15) is 0 Å². The number of unbranched alkanes of at least 4 members (excludes halogenated alkanes) is 3. The van der Waals surface area contributed by atoms with Crippen molar-refractivity contribution in [2.45, 2.75) is 46.0 Å². The van der Waals surface area contributed by atoms with Gasteiger partial charge in [-0.05, 0) is 52.7 Å². The molecular weight excluding hydrogens is 214 g/mol. The lowest BCUT2D eigenvalue weighted by Gasteiger charge is -2.15. The largest absolute Gasteiger partial charge is 0.462 e. The van der Waals surface area contributed by atoms with E-state index in [0.29, 0.717) is 12.2 Å². The molecule has 0 rings (SSSR count). The molecule has 0 aliphatic heterocycles. The van der Waals surface area contributed by atoms with Gasteiger partial charge >= 0.3 is 5.97 Å². The number of rotatable bonds is 10. The van der Waals surface area contributed by atoms with Gasteiger partial charge in [0.15, 0.2) is 0 Å². The average molecular weight is 241 g/mol. The highest BCUT2D eigenvalue weighted by atomic mass is 16.5. The first kappa shape index (κ1) is 16.2. The van der Waals surface area contributed by atoms with Gasteiger partial charge in [-0.25, -0.2) is 4.79 Å². The molecule has 0 aromatic rings. The molecule has 0 atom stereocenters. The fourth-order valence-corrected chi connectivity index (χ4v) is 1.49. The second kappa shape index (κ2) is 10.3. The van der Waals surface area contributed by atoms with Gasteiger partial charge in [0.25, 0.3) is 0 Å². The summed E-state index contributed by atoms with van der Waals surface area (Å²) in [6.45, 7) is 10.3. The van der Waals surface area contributed by atoms with E-state index in [2.05, 4.69) is 25.5 Å². The number of carbonyl (C=O) groups is 1. The van der Waals surface area contributed by atoms with Crippen molar-refractivity contribution >= 4 is 5.97 Å². The van der Waals surface area contributed by atoms with E-state index in [-0.39, 0.29) is 5.97 Å². The van der Waals surface area contributed by atoms with Crippen LogP contribution in [0, 0.1) is 0 Å². The Hall–Kier alpha value is -0.830. The summed E-state index contributed by atoms with van der Waals surface area (Å²) in [7, 11) is 2.16. The first-order chi connectivity index (χ1) is 8.07. The second-order valence-corrected chi connectivity index (χ2v) is 4.63. The van der Waals surface area contributed by atoms with E-state index < -0.39 is 0 Å². The second-order valence-electron chi connectivity index (χ2n) is 4.63. The molecule has 0 unspecified atom stereocenters. The Balaban J connectivity index is 3.29. The molecule has 0 fully saturated rings. The molecule has 0 saturated heterocycles. The highest BCUT2D eigenvalue weighted by molar-refractivity contribution is 5.86.